The van der Waals surface area contributed by atoms with Crippen LogP contribution in [0.4, 0.5) is 5.69 Å². The van der Waals surface area contributed by atoms with E-state index in [9.17, 15) is 4.79 Å². The Labute approximate surface area is 118 Å². The monoisotopic (exact) mass is 279 g/mol. The van der Waals surface area contributed by atoms with E-state index >= 15 is 0 Å². The Morgan fingerprint density at radius 3 is 2.79 bits per heavy atom. The van der Waals surface area contributed by atoms with Crippen molar-refractivity contribution in [3.05, 3.63) is 23.8 Å². The molecule has 1 aliphatic rings. The van der Waals surface area contributed by atoms with Crippen molar-refractivity contribution in [2.75, 3.05) is 11.4 Å². The molecule has 1 aliphatic heterocycles. The topological polar surface area (TPSA) is 49.8 Å². The Kier molecular flexibility index (Phi) is 3.75. The van der Waals surface area contributed by atoms with E-state index in [0.717, 1.165) is 11.3 Å². The SMILES string of the molecule is Cc1ccc2c(c1)OC(C(C)C)C(=S)N2CC(=O)O. The lowest BCUT2D eigenvalue weighted by Crippen LogP contribution is -2.49. The maximum atomic E-state index is 11.0. The quantitative estimate of drug-likeness (QED) is 0.862. The lowest BCUT2D eigenvalue weighted by Gasteiger charge is -2.37. The van der Waals surface area contributed by atoms with Gasteiger partial charge in [0.15, 0.2) is 6.10 Å². The molecule has 0 aliphatic carbocycles. The molecule has 5 heteroatoms. The highest BCUT2D eigenvalue weighted by Gasteiger charge is 2.34. The predicted octanol–water partition coefficient (Wildman–Crippen LogP) is 2.63. The number of rotatable bonds is 3. The Balaban J connectivity index is 2.46. The van der Waals surface area contributed by atoms with Gasteiger partial charge in [-0.15, -0.1) is 0 Å². The minimum atomic E-state index is -0.904. The first kappa shape index (κ1) is 13.8. The zero-order valence-corrected chi connectivity index (χ0v) is 12.0. The number of thiocarbonyl (C=S) groups is 1. The van der Waals surface area contributed by atoms with Gasteiger partial charge in [0.25, 0.3) is 0 Å². The van der Waals surface area contributed by atoms with E-state index < -0.39 is 5.97 Å². The first-order chi connectivity index (χ1) is 8.90. The summed E-state index contributed by atoms with van der Waals surface area (Å²) in [7, 11) is 0. The maximum Gasteiger partial charge on any atom is 0.323 e. The molecule has 0 amide bonds. The number of aliphatic carboxylic acids is 1. The second-order valence-electron chi connectivity index (χ2n) is 5.07. The van der Waals surface area contributed by atoms with Gasteiger partial charge in [0, 0.05) is 0 Å². The molecule has 19 heavy (non-hydrogen) atoms. The molecule has 102 valence electrons. The second-order valence-corrected chi connectivity index (χ2v) is 5.49. The molecule has 1 unspecified atom stereocenters. The first-order valence-electron chi connectivity index (χ1n) is 6.20. The smallest absolute Gasteiger partial charge is 0.323 e. The van der Waals surface area contributed by atoms with Crippen molar-refractivity contribution in [3.63, 3.8) is 0 Å². The predicted molar refractivity (Wildman–Crippen MR) is 78.0 cm³/mol. The summed E-state index contributed by atoms with van der Waals surface area (Å²) in [6.07, 6.45) is -0.261. The van der Waals surface area contributed by atoms with Gasteiger partial charge in [0.1, 0.15) is 17.3 Å². The molecule has 0 bridgehead atoms. The van der Waals surface area contributed by atoms with Crippen LogP contribution >= 0.6 is 12.2 Å². The van der Waals surface area contributed by atoms with Crippen LogP contribution in [-0.2, 0) is 4.79 Å². The highest BCUT2D eigenvalue weighted by Crippen LogP contribution is 2.36. The van der Waals surface area contributed by atoms with Crippen molar-refractivity contribution in [1.29, 1.82) is 0 Å². The molecular weight excluding hydrogens is 262 g/mol. The lowest BCUT2D eigenvalue weighted by atomic mass is 10.0. The Morgan fingerprint density at radius 1 is 1.53 bits per heavy atom. The van der Waals surface area contributed by atoms with Crippen molar-refractivity contribution >= 4 is 28.9 Å². The van der Waals surface area contributed by atoms with Crippen molar-refractivity contribution < 1.29 is 14.6 Å². The number of aryl methyl sites for hydroxylation is 1. The van der Waals surface area contributed by atoms with Gasteiger partial charge in [-0.2, -0.15) is 0 Å². The second kappa shape index (κ2) is 5.17. The van der Waals surface area contributed by atoms with Gasteiger partial charge in [-0.25, -0.2) is 0 Å². The van der Waals surface area contributed by atoms with Crippen LogP contribution in [0.2, 0.25) is 0 Å². The molecule has 1 atom stereocenters. The first-order valence-corrected chi connectivity index (χ1v) is 6.61. The number of benzene rings is 1. The third-order valence-electron chi connectivity index (χ3n) is 3.07. The van der Waals surface area contributed by atoms with Gasteiger partial charge in [-0.1, -0.05) is 32.1 Å². The van der Waals surface area contributed by atoms with Crippen LogP contribution in [0.5, 0.6) is 5.75 Å². The Morgan fingerprint density at radius 2 is 2.21 bits per heavy atom. The van der Waals surface area contributed by atoms with Crippen LogP contribution in [0.15, 0.2) is 18.2 Å². The molecule has 4 nitrogen and oxygen atoms in total. The molecular formula is C14H17NO3S. The van der Waals surface area contributed by atoms with Crippen LogP contribution in [0, 0.1) is 12.8 Å². The minimum absolute atomic E-state index is 0.137. The number of ether oxygens (including phenoxy) is 1. The highest BCUT2D eigenvalue weighted by molar-refractivity contribution is 7.80. The minimum Gasteiger partial charge on any atom is -0.481 e. The summed E-state index contributed by atoms with van der Waals surface area (Å²) in [5, 5.41) is 9.05. The molecule has 0 spiro atoms. The standard InChI is InChI=1S/C14H17NO3S/c1-8(2)13-14(19)15(7-12(16)17)10-5-4-9(3)6-11(10)18-13/h4-6,8,13H,7H2,1-3H3,(H,16,17). The van der Waals surface area contributed by atoms with Crippen LogP contribution in [0.1, 0.15) is 19.4 Å². The van der Waals surface area contributed by atoms with E-state index in [0.29, 0.717) is 10.7 Å². The fourth-order valence-electron chi connectivity index (χ4n) is 2.12. The van der Waals surface area contributed by atoms with Crippen molar-refractivity contribution in [2.24, 2.45) is 5.92 Å². The molecule has 2 rings (SSSR count). The fraction of sp³-hybridized carbons (Fsp3) is 0.429. The zero-order chi connectivity index (χ0) is 14.2. The van der Waals surface area contributed by atoms with Gasteiger partial charge in [-0.3, -0.25) is 4.79 Å². The van der Waals surface area contributed by atoms with E-state index in [4.69, 9.17) is 22.1 Å². The number of carbonyl (C=O) groups is 1. The summed E-state index contributed by atoms with van der Waals surface area (Å²) in [5.74, 6) is -0.00992. The van der Waals surface area contributed by atoms with E-state index in [-0.39, 0.29) is 18.6 Å². The third-order valence-corrected chi connectivity index (χ3v) is 3.52. The van der Waals surface area contributed by atoms with Crippen molar-refractivity contribution in [3.8, 4) is 5.75 Å². The summed E-state index contributed by atoms with van der Waals surface area (Å²) in [5.41, 5.74) is 1.80. The molecule has 1 heterocycles. The molecule has 0 aromatic heterocycles. The van der Waals surface area contributed by atoms with Crippen LogP contribution in [0.25, 0.3) is 0 Å². The van der Waals surface area contributed by atoms with Gasteiger partial charge in [0.2, 0.25) is 0 Å². The van der Waals surface area contributed by atoms with Crippen molar-refractivity contribution in [2.45, 2.75) is 26.9 Å². The summed E-state index contributed by atoms with van der Waals surface area (Å²) in [4.78, 5) is 13.2. The zero-order valence-electron chi connectivity index (χ0n) is 11.2. The van der Waals surface area contributed by atoms with Gasteiger partial charge in [-0.05, 0) is 30.5 Å². The largest absolute Gasteiger partial charge is 0.481 e. The highest BCUT2D eigenvalue weighted by atomic mass is 32.1. The summed E-state index contributed by atoms with van der Waals surface area (Å²) in [6, 6.07) is 5.70. The maximum absolute atomic E-state index is 11.0. The van der Waals surface area contributed by atoms with Crippen LogP contribution in [-0.4, -0.2) is 28.7 Å². The number of nitrogens with zero attached hydrogens (tertiary/aromatic N) is 1. The van der Waals surface area contributed by atoms with E-state index in [2.05, 4.69) is 0 Å². The van der Waals surface area contributed by atoms with Gasteiger partial charge < -0.3 is 14.7 Å². The molecule has 0 fully saturated rings. The number of carboxylic acid groups (broad SMARTS) is 1. The number of hydrogen-bond donors (Lipinski definition) is 1. The summed E-state index contributed by atoms with van der Waals surface area (Å²) in [6.45, 7) is 5.86. The van der Waals surface area contributed by atoms with Gasteiger partial charge >= 0.3 is 5.97 Å². The average Bonchev–Trinajstić information content (AvgIpc) is 2.31. The van der Waals surface area contributed by atoms with E-state index in [1.807, 2.05) is 39.0 Å². The number of fused-ring (bicyclic) bond motifs is 1. The number of anilines is 1. The average molecular weight is 279 g/mol. The molecule has 0 saturated carbocycles. The molecule has 1 N–H and O–H groups in total. The molecule has 0 saturated heterocycles. The number of carboxylic acids is 1. The van der Waals surface area contributed by atoms with Crippen LogP contribution < -0.4 is 9.64 Å². The van der Waals surface area contributed by atoms with Crippen LogP contribution in [0.3, 0.4) is 0 Å². The molecule has 1 aromatic rings. The van der Waals surface area contributed by atoms with E-state index in [1.165, 1.54) is 0 Å². The lowest BCUT2D eigenvalue weighted by molar-refractivity contribution is -0.135. The third kappa shape index (κ3) is 2.71. The molecule has 0 radical (unpaired) electrons. The van der Waals surface area contributed by atoms with Gasteiger partial charge in [0.05, 0.1) is 5.69 Å². The summed E-state index contributed by atoms with van der Waals surface area (Å²) < 4.78 is 5.92. The van der Waals surface area contributed by atoms with Crippen molar-refractivity contribution in [1.82, 2.24) is 0 Å². The number of hydrogen-bond acceptors (Lipinski definition) is 3. The fourth-order valence-corrected chi connectivity index (χ4v) is 2.60. The normalized spacial score (nSPS) is 18.2. The van der Waals surface area contributed by atoms with E-state index in [1.54, 1.807) is 4.90 Å². The molecule has 1 aromatic carbocycles. The Hall–Kier alpha value is -1.62. The summed E-state index contributed by atoms with van der Waals surface area (Å²) >= 11 is 5.39. The Bertz CT molecular complexity index is 527.